The second kappa shape index (κ2) is 4.93. The number of thiazole rings is 1. The van der Waals surface area contributed by atoms with Crippen molar-refractivity contribution >= 4 is 44.8 Å². The Morgan fingerprint density at radius 1 is 1.24 bits per heavy atom. The fourth-order valence-corrected chi connectivity index (χ4v) is 2.39. The average Bonchev–Trinajstić information content (AvgIpc) is 2.88. The number of hydrogen-bond donors (Lipinski definition) is 3. The van der Waals surface area contributed by atoms with Crippen molar-refractivity contribution in [1.82, 2.24) is 4.98 Å². The number of urea groups is 1. The van der Waals surface area contributed by atoms with Gasteiger partial charge in [0.15, 0.2) is 5.13 Å². The lowest BCUT2D eigenvalue weighted by Gasteiger charge is -2.03. The number of aromatic carboxylic acids is 1. The Balaban J connectivity index is 2.03. The fourth-order valence-electron chi connectivity index (χ4n) is 1.09. The molecule has 88 valence electrons. The van der Waals surface area contributed by atoms with Crippen LogP contribution in [0, 0.1) is 0 Å². The van der Waals surface area contributed by atoms with Gasteiger partial charge in [-0.1, -0.05) is 0 Å². The number of carboxylic acid groups (broad SMARTS) is 1. The molecule has 0 atom stereocenters. The number of thiophene rings is 1. The van der Waals surface area contributed by atoms with Gasteiger partial charge < -0.3 is 5.11 Å². The van der Waals surface area contributed by atoms with E-state index in [4.69, 9.17) is 5.11 Å². The second-order valence-corrected chi connectivity index (χ2v) is 4.70. The zero-order chi connectivity index (χ0) is 12.3. The third-order valence-corrected chi connectivity index (χ3v) is 3.29. The highest BCUT2D eigenvalue weighted by molar-refractivity contribution is 7.15. The molecular weight excluding hydrogens is 262 g/mol. The van der Waals surface area contributed by atoms with Gasteiger partial charge >= 0.3 is 12.0 Å². The Morgan fingerprint density at radius 3 is 2.71 bits per heavy atom. The molecule has 0 saturated heterocycles. The summed E-state index contributed by atoms with van der Waals surface area (Å²) >= 11 is 2.43. The minimum Gasteiger partial charge on any atom is -0.478 e. The molecule has 0 radical (unpaired) electrons. The van der Waals surface area contributed by atoms with Crippen molar-refractivity contribution in [2.45, 2.75) is 0 Å². The van der Waals surface area contributed by atoms with E-state index in [9.17, 15) is 9.59 Å². The molecule has 0 spiro atoms. The molecule has 0 aliphatic rings. The zero-order valence-corrected chi connectivity index (χ0v) is 9.97. The molecule has 2 heterocycles. The van der Waals surface area contributed by atoms with E-state index in [2.05, 4.69) is 15.6 Å². The van der Waals surface area contributed by atoms with Crippen molar-refractivity contribution in [3.8, 4) is 0 Å². The number of carboxylic acids is 1. The van der Waals surface area contributed by atoms with Crippen LogP contribution in [0.3, 0.4) is 0 Å². The zero-order valence-electron chi connectivity index (χ0n) is 8.34. The van der Waals surface area contributed by atoms with Crippen LogP contribution in [0.5, 0.6) is 0 Å². The van der Waals surface area contributed by atoms with Crippen LogP contribution in [-0.4, -0.2) is 22.1 Å². The second-order valence-electron chi connectivity index (χ2n) is 2.88. The maximum absolute atomic E-state index is 11.5. The molecule has 8 heteroatoms. The van der Waals surface area contributed by atoms with E-state index >= 15 is 0 Å². The van der Waals surface area contributed by atoms with Crippen LogP contribution >= 0.6 is 22.7 Å². The van der Waals surface area contributed by atoms with Crippen LogP contribution in [0.25, 0.3) is 0 Å². The van der Waals surface area contributed by atoms with Gasteiger partial charge in [-0.3, -0.25) is 10.6 Å². The van der Waals surface area contributed by atoms with Gasteiger partial charge in [0.2, 0.25) is 0 Å². The number of rotatable bonds is 3. The van der Waals surface area contributed by atoms with Crippen molar-refractivity contribution in [3.05, 3.63) is 28.6 Å². The van der Waals surface area contributed by atoms with Gasteiger partial charge in [-0.15, -0.1) is 22.7 Å². The lowest BCUT2D eigenvalue weighted by atomic mass is 10.3. The molecular formula is C9H7N3O3S2. The van der Waals surface area contributed by atoms with Crippen LogP contribution < -0.4 is 10.6 Å². The lowest BCUT2D eigenvalue weighted by Crippen LogP contribution is -2.19. The third kappa shape index (κ3) is 2.80. The van der Waals surface area contributed by atoms with Crippen LogP contribution in [-0.2, 0) is 0 Å². The van der Waals surface area contributed by atoms with E-state index in [1.165, 1.54) is 17.4 Å². The highest BCUT2D eigenvalue weighted by Gasteiger charge is 2.14. The summed E-state index contributed by atoms with van der Waals surface area (Å²) in [4.78, 5) is 26.2. The number of carbonyl (C=O) groups excluding carboxylic acids is 1. The van der Waals surface area contributed by atoms with E-state index in [-0.39, 0.29) is 5.56 Å². The minimum atomic E-state index is -1.07. The number of nitrogens with zero attached hydrogens (tertiary/aromatic N) is 1. The molecule has 2 aromatic heterocycles. The summed E-state index contributed by atoms with van der Waals surface area (Å²) in [6.07, 6.45) is 1.56. The van der Waals surface area contributed by atoms with Gasteiger partial charge in [0.25, 0.3) is 0 Å². The number of aromatic nitrogens is 1. The van der Waals surface area contributed by atoms with Crippen LogP contribution in [0.15, 0.2) is 23.0 Å². The Hall–Kier alpha value is -1.93. The molecule has 0 bridgehead atoms. The summed E-state index contributed by atoms with van der Waals surface area (Å²) in [6.45, 7) is 0. The molecule has 0 unspecified atom stereocenters. The van der Waals surface area contributed by atoms with Crippen LogP contribution in [0.1, 0.15) is 10.4 Å². The van der Waals surface area contributed by atoms with Gasteiger partial charge in [0, 0.05) is 11.6 Å². The molecule has 6 nitrogen and oxygen atoms in total. The monoisotopic (exact) mass is 269 g/mol. The first-order valence-electron chi connectivity index (χ1n) is 4.45. The van der Waals surface area contributed by atoms with E-state index in [1.807, 2.05) is 0 Å². The van der Waals surface area contributed by atoms with Gasteiger partial charge in [-0.05, 0) is 11.4 Å². The lowest BCUT2D eigenvalue weighted by molar-refractivity contribution is 0.0698. The average molecular weight is 269 g/mol. The Morgan fingerprint density at radius 2 is 2.06 bits per heavy atom. The Labute approximate surface area is 104 Å². The van der Waals surface area contributed by atoms with Gasteiger partial charge in [0.1, 0.15) is 5.00 Å². The van der Waals surface area contributed by atoms with Gasteiger partial charge in [0.05, 0.1) is 5.56 Å². The fraction of sp³-hybridized carbons (Fsp3) is 0. The summed E-state index contributed by atoms with van der Waals surface area (Å²) in [5, 5.41) is 17.9. The SMILES string of the molecule is O=C(Nc1nccs1)Nc1sccc1C(=O)O. The minimum absolute atomic E-state index is 0.0734. The van der Waals surface area contributed by atoms with Gasteiger partial charge in [-0.25, -0.2) is 14.6 Å². The molecule has 2 aromatic rings. The largest absolute Gasteiger partial charge is 0.478 e. The summed E-state index contributed by atoms with van der Waals surface area (Å²) in [5.74, 6) is -1.07. The highest BCUT2D eigenvalue weighted by atomic mass is 32.1. The van der Waals surface area contributed by atoms with Crippen molar-refractivity contribution < 1.29 is 14.7 Å². The molecule has 0 aromatic carbocycles. The summed E-state index contributed by atoms with van der Waals surface area (Å²) < 4.78 is 0. The molecule has 2 rings (SSSR count). The van der Waals surface area contributed by atoms with Crippen molar-refractivity contribution in [2.75, 3.05) is 10.6 Å². The number of anilines is 2. The summed E-state index contributed by atoms with van der Waals surface area (Å²) in [5.41, 5.74) is 0.0734. The van der Waals surface area contributed by atoms with E-state index in [0.29, 0.717) is 10.1 Å². The topological polar surface area (TPSA) is 91.3 Å². The smallest absolute Gasteiger partial charge is 0.338 e. The number of amides is 2. The highest BCUT2D eigenvalue weighted by Crippen LogP contribution is 2.23. The normalized spacial score (nSPS) is 9.88. The standard InChI is InChI=1S/C9H7N3O3S2/c13-7(14)5-1-3-16-6(5)11-8(15)12-9-10-2-4-17-9/h1-4H,(H,13,14)(H2,10,11,12,15). The van der Waals surface area contributed by atoms with Crippen LogP contribution in [0.4, 0.5) is 14.9 Å². The van der Waals surface area contributed by atoms with E-state index in [1.54, 1.807) is 17.0 Å². The molecule has 3 N–H and O–H groups in total. The number of hydrogen-bond acceptors (Lipinski definition) is 5. The van der Waals surface area contributed by atoms with Crippen molar-refractivity contribution in [2.24, 2.45) is 0 Å². The maximum atomic E-state index is 11.5. The molecule has 17 heavy (non-hydrogen) atoms. The first-order chi connectivity index (χ1) is 8.16. The first kappa shape index (κ1) is 11.6. The summed E-state index contributed by atoms with van der Waals surface area (Å²) in [7, 11) is 0. The van der Waals surface area contributed by atoms with Crippen molar-refractivity contribution in [3.63, 3.8) is 0 Å². The maximum Gasteiger partial charge on any atom is 0.338 e. The quantitative estimate of drug-likeness (QED) is 0.798. The number of nitrogens with one attached hydrogen (secondary N) is 2. The van der Waals surface area contributed by atoms with Gasteiger partial charge in [-0.2, -0.15) is 0 Å². The predicted octanol–water partition coefficient (Wildman–Crippen LogP) is 2.55. The van der Waals surface area contributed by atoms with Crippen molar-refractivity contribution in [1.29, 1.82) is 0 Å². The number of carbonyl (C=O) groups is 2. The first-order valence-corrected chi connectivity index (χ1v) is 6.21. The van der Waals surface area contributed by atoms with E-state index in [0.717, 1.165) is 11.3 Å². The third-order valence-electron chi connectivity index (χ3n) is 1.78. The molecule has 0 fully saturated rings. The van der Waals surface area contributed by atoms with E-state index < -0.39 is 12.0 Å². The Bertz CT molecular complexity index is 535. The molecule has 0 aliphatic heterocycles. The molecule has 0 aliphatic carbocycles. The molecule has 0 saturated carbocycles. The Kier molecular flexibility index (Phi) is 3.35. The summed E-state index contributed by atoms with van der Waals surface area (Å²) in [6, 6.07) is 0.927. The molecule has 2 amide bonds. The van der Waals surface area contributed by atoms with Crippen LogP contribution in [0.2, 0.25) is 0 Å². The predicted molar refractivity (Wildman–Crippen MR) is 66.0 cm³/mol.